The van der Waals surface area contributed by atoms with Crippen molar-refractivity contribution in [2.45, 2.75) is 52.6 Å². The molecule has 1 saturated heterocycles. The van der Waals surface area contributed by atoms with Crippen LogP contribution >= 0.6 is 15.9 Å². The van der Waals surface area contributed by atoms with E-state index in [1.54, 1.807) is 6.07 Å². The fraction of sp³-hybridized carbons (Fsp3) is 0.647. The topological polar surface area (TPSA) is 15.3 Å². The Balaban J connectivity index is 2.33. The number of hydrogen-bond acceptors (Lipinski definition) is 2. The van der Waals surface area contributed by atoms with Crippen LogP contribution in [0.1, 0.15) is 39.2 Å². The van der Waals surface area contributed by atoms with Gasteiger partial charge in [-0.1, -0.05) is 27.2 Å². The van der Waals surface area contributed by atoms with E-state index in [2.05, 4.69) is 46.9 Å². The van der Waals surface area contributed by atoms with Gasteiger partial charge in [0.15, 0.2) is 0 Å². The fourth-order valence-electron chi connectivity index (χ4n) is 3.19. The van der Waals surface area contributed by atoms with Crippen LogP contribution in [0, 0.1) is 18.7 Å². The van der Waals surface area contributed by atoms with Crippen LogP contribution in [0.5, 0.6) is 0 Å². The highest BCUT2D eigenvalue weighted by Crippen LogP contribution is 2.31. The smallest absolute Gasteiger partial charge is 0.137 e. The molecule has 0 amide bonds. The van der Waals surface area contributed by atoms with Crippen molar-refractivity contribution in [3.63, 3.8) is 0 Å². The van der Waals surface area contributed by atoms with Crippen molar-refractivity contribution >= 4 is 21.6 Å². The van der Waals surface area contributed by atoms with Gasteiger partial charge < -0.3 is 10.2 Å². The highest BCUT2D eigenvalue weighted by molar-refractivity contribution is 9.10. The Morgan fingerprint density at radius 3 is 2.76 bits per heavy atom. The van der Waals surface area contributed by atoms with Crippen molar-refractivity contribution in [3.05, 3.63) is 28.0 Å². The molecule has 1 N–H and O–H groups in total. The van der Waals surface area contributed by atoms with Crippen LogP contribution in [0.3, 0.4) is 0 Å². The van der Waals surface area contributed by atoms with E-state index in [9.17, 15) is 4.39 Å². The lowest BCUT2D eigenvalue weighted by atomic mass is 9.95. The summed E-state index contributed by atoms with van der Waals surface area (Å²) < 4.78 is 14.3. The summed E-state index contributed by atoms with van der Waals surface area (Å²) in [6.45, 7) is 10.7. The number of aryl methyl sites for hydroxylation is 1. The Hall–Kier alpha value is -0.610. The molecule has 2 atom stereocenters. The maximum atomic E-state index is 13.7. The summed E-state index contributed by atoms with van der Waals surface area (Å²) in [5, 5.41) is 3.67. The maximum absolute atomic E-state index is 13.7. The first-order valence-corrected chi connectivity index (χ1v) is 8.69. The van der Waals surface area contributed by atoms with E-state index in [1.807, 2.05) is 13.0 Å². The van der Waals surface area contributed by atoms with Crippen molar-refractivity contribution in [2.24, 2.45) is 5.92 Å². The van der Waals surface area contributed by atoms with Gasteiger partial charge in [-0.3, -0.25) is 0 Å². The summed E-state index contributed by atoms with van der Waals surface area (Å²) in [5.41, 5.74) is 2.17. The molecule has 0 radical (unpaired) electrons. The molecule has 1 aromatic carbocycles. The minimum Gasteiger partial charge on any atom is -0.365 e. The molecule has 2 unspecified atom stereocenters. The summed E-state index contributed by atoms with van der Waals surface area (Å²) in [7, 11) is 0. The Labute approximate surface area is 136 Å². The van der Waals surface area contributed by atoms with Crippen LogP contribution in [0.2, 0.25) is 0 Å². The average molecular weight is 357 g/mol. The first kappa shape index (κ1) is 16.8. The molecule has 1 fully saturated rings. The second-order valence-electron chi connectivity index (χ2n) is 6.41. The Morgan fingerprint density at radius 2 is 2.14 bits per heavy atom. The van der Waals surface area contributed by atoms with E-state index in [4.69, 9.17) is 0 Å². The predicted octanol–water partition coefficient (Wildman–Crippen LogP) is 4.50. The van der Waals surface area contributed by atoms with E-state index in [1.165, 1.54) is 12.8 Å². The molecule has 1 aliphatic heterocycles. The van der Waals surface area contributed by atoms with Gasteiger partial charge in [0.25, 0.3) is 0 Å². The van der Waals surface area contributed by atoms with Gasteiger partial charge in [0.2, 0.25) is 0 Å². The summed E-state index contributed by atoms with van der Waals surface area (Å²) in [4.78, 5) is 2.47. The molecular weight excluding hydrogens is 331 g/mol. The van der Waals surface area contributed by atoms with E-state index in [0.717, 1.165) is 24.3 Å². The lowest BCUT2D eigenvalue weighted by Gasteiger charge is -2.44. The maximum Gasteiger partial charge on any atom is 0.137 e. The number of nitrogens with one attached hydrogen (secondary N) is 1. The Morgan fingerprint density at radius 1 is 1.43 bits per heavy atom. The second-order valence-corrected chi connectivity index (χ2v) is 7.26. The van der Waals surface area contributed by atoms with Crippen LogP contribution in [-0.2, 0) is 0 Å². The van der Waals surface area contributed by atoms with Crippen LogP contribution in [-0.4, -0.2) is 25.2 Å². The zero-order valence-corrected chi connectivity index (χ0v) is 15.0. The predicted molar refractivity (Wildman–Crippen MR) is 91.5 cm³/mol. The first-order valence-electron chi connectivity index (χ1n) is 7.89. The molecule has 2 nitrogen and oxygen atoms in total. The normalized spacial score (nSPS) is 22.9. The lowest BCUT2D eigenvalue weighted by Crippen LogP contribution is -2.58. The molecule has 0 aliphatic carbocycles. The molecule has 1 aliphatic rings. The largest absolute Gasteiger partial charge is 0.365 e. The van der Waals surface area contributed by atoms with Gasteiger partial charge in [0, 0.05) is 30.9 Å². The van der Waals surface area contributed by atoms with E-state index in [0.29, 0.717) is 22.5 Å². The summed E-state index contributed by atoms with van der Waals surface area (Å²) in [6.07, 6.45) is 2.37. The van der Waals surface area contributed by atoms with Crippen molar-refractivity contribution in [1.29, 1.82) is 0 Å². The third-order valence-corrected chi connectivity index (χ3v) is 5.00. The molecule has 21 heavy (non-hydrogen) atoms. The zero-order chi connectivity index (χ0) is 15.6. The zero-order valence-electron chi connectivity index (χ0n) is 13.4. The summed E-state index contributed by atoms with van der Waals surface area (Å²) in [6, 6.07) is 4.55. The number of piperazine rings is 1. The minimum absolute atomic E-state index is 0.183. The van der Waals surface area contributed by atoms with Gasteiger partial charge in [-0.15, -0.1) is 0 Å². The summed E-state index contributed by atoms with van der Waals surface area (Å²) in [5.74, 6) is 0.376. The van der Waals surface area contributed by atoms with Crippen LogP contribution in [0.25, 0.3) is 0 Å². The number of rotatable bonds is 4. The Kier molecular flexibility index (Phi) is 5.67. The second kappa shape index (κ2) is 7.10. The van der Waals surface area contributed by atoms with E-state index < -0.39 is 0 Å². The third-order valence-electron chi connectivity index (χ3n) is 4.39. The standard InChI is InChI=1S/C17H26BrFN2/c1-5-6-13-10-21(17(9-20-13)11(2)3)16-8-14(18)15(19)7-12(16)4/h7-8,11,13,17,20H,5-6,9-10H2,1-4H3. The molecule has 0 bridgehead atoms. The molecule has 118 valence electrons. The molecule has 1 aromatic rings. The van der Waals surface area contributed by atoms with Crippen molar-refractivity contribution in [1.82, 2.24) is 5.32 Å². The van der Waals surface area contributed by atoms with Gasteiger partial charge >= 0.3 is 0 Å². The number of nitrogens with zero attached hydrogens (tertiary/aromatic N) is 1. The van der Waals surface area contributed by atoms with Crippen molar-refractivity contribution in [3.8, 4) is 0 Å². The van der Waals surface area contributed by atoms with Crippen LogP contribution < -0.4 is 10.2 Å². The van der Waals surface area contributed by atoms with Gasteiger partial charge in [-0.2, -0.15) is 0 Å². The first-order chi connectivity index (χ1) is 9.93. The van der Waals surface area contributed by atoms with Crippen molar-refractivity contribution < 1.29 is 4.39 Å². The monoisotopic (exact) mass is 356 g/mol. The minimum atomic E-state index is -0.183. The van der Waals surface area contributed by atoms with Crippen LogP contribution in [0.15, 0.2) is 16.6 Å². The molecular formula is C17H26BrFN2. The molecule has 1 heterocycles. The van der Waals surface area contributed by atoms with Gasteiger partial charge in [-0.05, 0) is 52.9 Å². The highest BCUT2D eigenvalue weighted by atomic mass is 79.9. The summed E-state index contributed by atoms with van der Waals surface area (Å²) >= 11 is 3.33. The molecule has 0 aromatic heterocycles. The number of hydrogen-bond donors (Lipinski definition) is 1. The van der Waals surface area contributed by atoms with Crippen molar-refractivity contribution in [2.75, 3.05) is 18.0 Å². The SMILES string of the molecule is CCCC1CN(c2cc(Br)c(F)cc2C)C(C(C)C)CN1. The van der Waals surface area contributed by atoms with Gasteiger partial charge in [0.05, 0.1) is 4.47 Å². The fourth-order valence-corrected chi connectivity index (χ4v) is 3.53. The molecule has 2 rings (SSSR count). The highest BCUT2D eigenvalue weighted by Gasteiger charge is 2.30. The quantitative estimate of drug-likeness (QED) is 0.854. The number of benzene rings is 1. The lowest BCUT2D eigenvalue weighted by molar-refractivity contribution is 0.327. The molecule has 0 spiro atoms. The number of halogens is 2. The van der Waals surface area contributed by atoms with E-state index in [-0.39, 0.29) is 5.82 Å². The van der Waals surface area contributed by atoms with Crippen LogP contribution in [0.4, 0.5) is 10.1 Å². The number of anilines is 1. The third kappa shape index (κ3) is 3.78. The average Bonchev–Trinajstić information content (AvgIpc) is 2.43. The van der Waals surface area contributed by atoms with Gasteiger partial charge in [0.1, 0.15) is 5.82 Å². The van der Waals surface area contributed by atoms with Gasteiger partial charge in [-0.25, -0.2) is 4.39 Å². The molecule has 0 saturated carbocycles. The Bertz CT molecular complexity index is 490. The molecule has 4 heteroatoms. The van der Waals surface area contributed by atoms with E-state index >= 15 is 0 Å².